The normalized spacial score (nSPS) is 19.1. The van der Waals surface area contributed by atoms with Crippen LogP contribution in [0.1, 0.15) is 76.7 Å². The molecule has 154 valence electrons. The Morgan fingerprint density at radius 2 is 1.64 bits per heavy atom. The van der Waals surface area contributed by atoms with Crippen molar-refractivity contribution in [3.63, 3.8) is 0 Å². The zero-order chi connectivity index (χ0) is 20.4. The van der Waals surface area contributed by atoms with Gasteiger partial charge < -0.3 is 4.74 Å². The van der Waals surface area contributed by atoms with Crippen LogP contribution in [0.2, 0.25) is 0 Å². The molecule has 1 aromatic rings. The van der Waals surface area contributed by atoms with E-state index in [1.807, 2.05) is 30.3 Å². The zero-order valence-electron chi connectivity index (χ0n) is 17.2. The van der Waals surface area contributed by atoms with Crippen molar-refractivity contribution in [2.75, 3.05) is 13.2 Å². The Kier molecular flexibility index (Phi) is 9.18. The van der Waals surface area contributed by atoms with E-state index < -0.39 is 17.8 Å². The number of benzene rings is 1. The number of amides is 2. The smallest absolute Gasteiger partial charge is 0.319 e. The Morgan fingerprint density at radius 1 is 1.00 bits per heavy atom. The highest BCUT2D eigenvalue weighted by atomic mass is 16.5. The van der Waals surface area contributed by atoms with Crippen molar-refractivity contribution in [2.45, 2.75) is 71.1 Å². The Bertz CT molecular complexity index is 643. The number of nitrogens with zero attached hydrogens (tertiary/aromatic N) is 1. The van der Waals surface area contributed by atoms with Crippen LogP contribution in [-0.2, 0) is 19.1 Å². The minimum absolute atomic E-state index is 0.175. The van der Waals surface area contributed by atoms with Crippen LogP contribution in [0.5, 0.6) is 0 Å². The molecular formula is C23H33NO4. The molecule has 1 aliphatic heterocycles. The van der Waals surface area contributed by atoms with Gasteiger partial charge in [0.1, 0.15) is 5.92 Å². The summed E-state index contributed by atoms with van der Waals surface area (Å²) in [5.41, 5.74) is 0.889. The van der Waals surface area contributed by atoms with Crippen molar-refractivity contribution in [2.24, 2.45) is 5.92 Å². The Morgan fingerprint density at radius 3 is 2.29 bits per heavy atom. The van der Waals surface area contributed by atoms with Crippen LogP contribution in [-0.4, -0.2) is 35.8 Å². The number of imide groups is 1. The van der Waals surface area contributed by atoms with Gasteiger partial charge in [0, 0.05) is 18.9 Å². The van der Waals surface area contributed by atoms with Crippen LogP contribution < -0.4 is 0 Å². The molecule has 0 aromatic heterocycles. The molecule has 0 saturated carbocycles. The quantitative estimate of drug-likeness (QED) is 0.319. The monoisotopic (exact) mass is 387 g/mol. The van der Waals surface area contributed by atoms with E-state index in [0.29, 0.717) is 6.42 Å². The van der Waals surface area contributed by atoms with Gasteiger partial charge in [0.25, 0.3) is 0 Å². The van der Waals surface area contributed by atoms with Crippen molar-refractivity contribution in [3.8, 4) is 0 Å². The van der Waals surface area contributed by atoms with Crippen LogP contribution in [0, 0.1) is 5.92 Å². The van der Waals surface area contributed by atoms with Gasteiger partial charge in [-0.05, 0) is 18.9 Å². The standard InChI is InChI=1S/C23H33NO4/c1-3-5-6-7-8-9-13-16-20(25)24-17-19(18-14-11-10-12-15-18)21(22(24)26)23(27)28-4-2/h10-12,14-15,19,21H,3-9,13,16-17H2,1-2H3. The van der Waals surface area contributed by atoms with Gasteiger partial charge in [0.2, 0.25) is 11.8 Å². The number of hydrogen-bond donors (Lipinski definition) is 0. The predicted octanol–water partition coefficient (Wildman–Crippen LogP) is 4.46. The second-order valence-corrected chi connectivity index (χ2v) is 7.46. The lowest BCUT2D eigenvalue weighted by Gasteiger charge is -2.15. The fourth-order valence-corrected chi connectivity index (χ4v) is 3.82. The summed E-state index contributed by atoms with van der Waals surface area (Å²) in [6.07, 6.45) is 8.20. The lowest BCUT2D eigenvalue weighted by molar-refractivity contribution is -0.154. The maximum Gasteiger partial charge on any atom is 0.319 e. The summed E-state index contributed by atoms with van der Waals surface area (Å²) in [5.74, 6) is -2.40. The molecule has 2 amide bonds. The van der Waals surface area contributed by atoms with Crippen molar-refractivity contribution >= 4 is 17.8 Å². The Balaban J connectivity index is 1.96. The van der Waals surface area contributed by atoms with Gasteiger partial charge in [-0.15, -0.1) is 0 Å². The van der Waals surface area contributed by atoms with Crippen LogP contribution in [0.15, 0.2) is 30.3 Å². The number of likely N-dealkylation sites (tertiary alicyclic amines) is 1. The summed E-state index contributed by atoms with van der Waals surface area (Å²) in [7, 11) is 0. The molecule has 28 heavy (non-hydrogen) atoms. The SMILES string of the molecule is CCCCCCCCCC(=O)N1CC(c2ccccc2)C(C(=O)OCC)C1=O. The highest BCUT2D eigenvalue weighted by molar-refractivity contribution is 6.07. The fraction of sp³-hybridized carbons (Fsp3) is 0.609. The molecule has 0 spiro atoms. The second kappa shape index (κ2) is 11.6. The molecule has 1 saturated heterocycles. The van der Waals surface area contributed by atoms with Crippen LogP contribution in [0.25, 0.3) is 0 Å². The summed E-state index contributed by atoms with van der Waals surface area (Å²) >= 11 is 0. The maximum absolute atomic E-state index is 12.9. The van der Waals surface area contributed by atoms with E-state index in [1.165, 1.54) is 30.6 Å². The van der Waals surface area contributed by atoms with Crippen LogP contribution >= 0.6 is 0 Å². The first kappa shape index (κ1) is 22.1. The molecule has 0 aliphatic carbocycles. The molecule has 2 rings (SSSR count). The molecule has 1 aromatic carbocycles. The van der Waals surface area contributed by atoms with E-state index in [4.69, 9.17) is 4.74 Å². The average Bonchev–Trinajstić information content (AvgIpc) is 3.05. The minimum atomic E-state index is -0.930. The molecule has 2 unspecified atom stereocenters. The Hall–Kier alpha value is -2.17. The molecule has 2 atom stereocenters. The number of rotatable bonds is 11. The summed E-state index contributed by atoms with van der Waals surface area (Å²) in [6, 6.07) is 9.45. The number of carbonyl (C=O) groups excluding carboxylic acids is 3. The highest BCUT2D eigenvalue weighted by Gasteiger charge is 2.48. The van der Waals surface area contributed by atoms with E-state index in [9.17, 15) is 14.4 Å². The number of ether oxygens (including phenoxy) is 1. The van der Waals surface area contributed by atoms with Gasteiger partial charge in [-0.2, -0.15) is 0 Å². The molecule has 0 bridgehead atoms. The van der Waals surface area contributed by atoms with Gasteiger partial charge in [-0.25, -0.2) is 0 Å². The van der Waals surface area contributed by atoms with Crippen molar-refractivity contribution in [3.05, 3.63) is 35.9 Å². The van der Waals surface area contributed by atoms with Gasteiger partial charge in [0.05, 0.1) is 6.61 Å². The third-order valence-corrected chi connectivity index (χ3v) is 5.38. The van der Waals surface area contributed by atoms with Gasteiger partial charge in [-0.1, -0.05) is 75.8 Å². The summed E-state index contributed by atoms with van der Waals surface area (Å²) < 4.78 is 5.12. The first-order valence-electron chi connectivity index (χ1n) is 10.7. The number of hydrogen-bond acceptors (Lipinski definition) is 4. The van der Waals surface area contributed by atoms with Crippen LogP contribution in [0.3, 0.4) is 0 Å². The summed E-state index contributed by atoms with van der Waals surface area (Å²) in [4.78, 5) is 39.2. The van der Waals surface area contributed by atoms with E-state index in [1.54, 1.807) is 6.92 Å². The van der Waals surface area contributed by atoms with E-state index in [0.717, 1.165) is 24.8 Å². The third-order valence-electron chi connectivity index (χ3n) is 5.38. The number of esters is 1. The van der Waals surface area contributed by atoms with Gasteiger partial charge in [-0.3, -0.25) is 19.3 Å². The minimum Gasteiger partial charge on any atom is -0.465 e. The van der Waals surface area contributed by atoms with Crippen molar-refractivity contribution in [1.82, 2.24) is 4.90 Å². The fourth-order valence-electron chi connectivity index (χ4n) is 3.82. The third kappa shape index (κ3) is 5.91. The molecular weight excluding hydrogens is 354 g/mol. The molecule has 1 aliphatic rings. The topological polar surface area (TPSA) is 63.7 Å². The summed E-state index contributed by atoms with van der Waals surface area (Å²) in [5, 5.41) is 0. The maximum atomic E-state index is 12.9. The lowest BCUT2D eigenvalue weighted by atomic mass is 9.89. The lowest BCUT2D eigenvalue weighted by Crippen LogP contribution is -2.35. The second-order valence-electron chi connectivity index (χ2n) is 7.46. The molecule has 0 radical (unpaired) electrons. The molecule has 0 N–H and O–H groups in total. The molecule has 5 heteroatoms. The van der Waals surface area contributed by atoms with Gasteiger partial charge in [0.15, 0.2) is 0 Å². The van der Waals surface area contributed by atoms with E-state index >= 15 is 0 Å². The van der Waals surface area contributed by atoms with Crippen molar-refractivity contribution < 1.29 is 19.1 Å². The zero-order valence-corrected chi connectivity index (χ0v) is 17.2. The van der Waals surface area contributed by atoms with E-state index in [2.05, 4.69) is 6.92 Å². The first-order chi connectivity index (χ1) is 13.6. The predicted molar refractivity (Wildman–Crippen MR) is 109 cm³/mol. The van der Waals surface area contributed by atoms with Gasteiger partial charge >= 0.3 is 5.97 Å². The average molecular weight is 388 g/mol. The van der Waals surface area contributed by atoms with Crippen molar-refractivity contribution in [1.29, 1.82) is 0 Å². The molecule has 1 heterocycles. The molecule has 5 nitrogen and oxygen atoms in total. The molecule has 1 fully saturated rings. The highest BCUT2D eigenvalue weighted by Crippen LogP contribution is 2.35. The van der Waals surface area contributed by atoms with Crippen LogP contribution in [0.4, 0.5) is 0 Å². The number of unbranched alkanes of at least 4 members (excludes halogenated alkanes) is 6. The number of carbonyl (C=O) groups is 3. The first-order valence-corrected chi connectivity index (χ1v) is 10.7. The Labute approximate surface area is 168 Å². The summed E-state index contributed by atoms with van der Waals surface area (Å²) in [6.45, 7) is 4.38. The van der Waals surface area contributed by atoms with E-state index in [-0.39, 0.29) is 25.0 Å². The largest absolute Gasteiger partial charge is 0.465 e.